The predicted octanol–water partition coefficient (Wildman–Crippen LogP) is 6.22. The van der Waals surface area contributed by atoms with Crippen LogP contribution in [0.25, 0.3) is 33.3 Å². The Morgan fingerprint density at radius 3 is 2.22 bits per heavy atom. The molecule has 23 heavy (non-hydrogen) atoms. The number of pyridine rings is 1. The number of nitrogens with zero attached hydrogens (tertiary/aromatic N) is 1. The second-order valence-corrected chi connectivity index (χ2v) is 5.89. The predicted molar refractivity (Wildman–Crippen MR) is 97.6 cm³/mol. The number of aromatic nitrogens is 1. The molecule has 0 spiro atoms. The molecule has 0 amide bonds. The first-order valence-electron chi connectivity index (χ1n) is 7.52. The summed E-state index contributed by atoms with van der Waals surface area (Å²) in [5.74, 6) is 0. The summed E-state index contributed by atoms with van der Waals surface area (Å²) in [6.07, 6.45) is 0. The van der Waals surface area contributed by atoms with Crippen LogP contribution in [-0.2, 0) is 0 Å². The first kappa shape index (κ1) is 14.0. The van der Waals surface area contributed by atoms with Gasteiger partial charge < -0.3 is 0 Å². The van der Waals surface area contributed by atoms with Gasteiger partial charge in [0.2, 0.25) is 0 Å². The van der Waals surface area contributed by atoms with E-state index in [1.807, 2.05) is 36.4 Å². The van der Waals surface area contributed by atoms with Gasteiger partial charge >= 0.3 is 0 Å². The third-order valence-electron chi connectivity index (χ3n) is 3.92. The molecule has 0 radical (unpaired) electrons. The molecule has 0 unspecified atom stereocenters. The zero-order chi connectivity index (χ0) is 15.6. The van der Waals surface area contributed by atoms with Crippen LogP contribution in [0.1, 0.15) is 0 Å². The second-order valence-electron chi connectivity index (χ2n) is 5.45. The fourth-order valence-corrected chi connectivity index (χ4v) is 3.02. The van der Waals surface area contributed by atoms with Crippen molar-refractivity contribution in [2.24, 2.45) is 0 Å². The van der Waals surface area contributed by atoms with Gasteiger partial charge in [-0.15, -0.1) is 0 Å². The van der Waals surface area contributed by atoms with E-state index < -0.39 is 0 Å². The summed E-state index contributed by atoms with van der Waals surface area (Å²) in [4.78, 5) is 4.81. The quantitative estimate of drug-likeness (QED) is 0.428. The molecule has 0 N–H and O–H groups in total. The van der Waals surface area contributed by atoms with Gasteiger partial charge in [0.05, 0.1) is 11.2 Å². The molecule has 1 nitrogen and oxygen atoms in total. The Balaban J connectivity index is 2.01. The zero-order valence-corrected chi connectivity index (χ0v) is 13.2. The Morgan fingerprint density at radius 1 is 0.652 bits per heavy atom. The maximum absolute atomic E-state index is 6.14. The Kier molecular flexibility index (Phi) is 3.57. The minimum absolute atomic E-state index is 0.721. The van der Waals surface area contributed by atoms with E-state index >= 15 is 0 Å². The van der Waals surface area contributed by atoms with Gasteiger partial charge in [-0.05, 0) is 35.4 Å². The molecule has 0 bridgehead atoms. The van der Waals surface area contributed by atoms with Crippen LogP contribution in [0.4, 0.5) is 0 Å². The standard InChI is InChI=1S/C21H14ClN/c22-17-10-6-9-16(13-17)21-14-19(15-7-2-1-3-8-15)18-11-4-5-12-20(18)23-21/h1-14H. The van der Waals surface area contributed by atoms with Crippen molar-refractivity contribution in [2.75, 3.05) is 0 Å². The summed E-state index contributed by atoms with van der Waals surface area (Å²) in [5.41, 5.74) is 5.33. The average molecular weight is 316 g/mol. The van der Waals surface area contributed by atoms with Crippen LogP contribution in [0.5, 0.6) is 0 Å². The number of halogens is 1. The van der Waals surface area contributed by atoms with E-state index in [1.54, 1.807) is 0 Å². The second kappa shape index (κ2) is 5.86. The van der Waals surface area contributed by atoms with E-state index in [2.05, 4.69) is 48.5 Å². The normalized spacial score (nSPS) is 10.8. The molecule has 0 saturated heterocycles. The largest absolute Gasteiger partial charge is 0.248 e. The highest BCUT2D eigenvalue weighted by molar-refractivity contribution is 6.30. The molecular weight excluding hydrogens is 302 g/mol. The lowest BCUT2D eigenvalue weighted by Gasteiger charge is -2.10. The lowest BCUT2D eigenvalue weighted by molar-refractivity contribution is 1.40. The number of para-hydroxylation sites is 1. The van der Waals surface area contributed by atoms with Gasteiger partial charge in [-0.3, -0.25) is 0 Å². The topological polar surface area (TPSA) is 12.9 Å². The fourth-order valence-electron chi connectivity index (χ4n) is 2.83. The van der Waals surface area contributed by atoms with E-state index in [9.17, 15) is 0 Å². The summed E-state index contributed by atoms with van der Waals surface area (Å²) < 4.78 is 0. The molecule has 1 heterocycles. The SMILES string of the molecule is Clc1cccc(-c2cc(-c3ccccc3)c3ccccc3n2)c1. The van der Waals surface area contributed by atoms with Gasteiger partial charge in [0.1, 0.15) is 0 Å². The zero-order valence-electron chi connectivity index (χ0n) is 12.4. The van der Waals surface area contributed by atoms with E-state index in [0.717, 1.165) is 27.2 Å². The van der Waals surface area contributed by atoms with Gasteiger partial charge in [-0.25, -0.2) is 4.98 Å². The molecule has 0 atom stereocenters. The Morgan fingerprint density at radius 2 is 1.39 bits per heavy atom. The summed E-state index contributed by atoms with van der Waals surface area (Å²) in [7, 11) is 0. The van der Waals surface area contributed by atoms with Gasteiger partial charge in [0, 0.05) is 16.0 Å². The van der Waals surface area contributed by atoms with Crippen molar-refractivity contribution in [3.05, 3.63) is 90.0 Å². The van der Waals surface area contributed by atoms with E-state index in [4.69, 9.17) is 16.6 Å². The van der Waals surface area contributed by atoms with Crippen molar-refractivity contribution < 1.29 is 0 Å². The summed E-state index contributed by atoms with van der Waals surface area (Å²) in [5, 5.41) is 1.88. The maximum atomic E-state index is 6.14. The average Bonchev–Trinajstić information content (AvgIpc) is 2.61. The molecule has 0 saturated carbocycles. The van der Waals surface area contributed by atoms with Crippen LogP contribution in [0.15, 0.2) is 84.9 Å². The van der Waals surface area contributed by atoms with Crippen molar-refractivity contribution >= 4 is 22.5 Å². The van der Waals surface area contributed by atoms with Crippen molar-refractivity contribution in [2.45, 2.75) is 0 Å². The van der Waals surface area contributed by atoms with Crippen LogP contribution < -0.4 is 0 Å². The fraction of sp³-hybridized carbons (Fsp3) is 0. The Hall–Kier alpha value is -2.64. The molecule has 4 aromatic rings. The van der Waals surface area contributed by atoms with Gasteiger partial charge in [-0.1, -0.05) is 72.3 Å². The summed E-state index contributed by atoms with van der Waals surface area (Å²) in [6, 6.07) is 28.6. The Labute approximate surface area is 140 Å². The monoisotopic (exact) mass is 315 g/mol. The number of fused-ring (bicyclic) bond motifs is 1. The van der Waals surface area contributed by atoms with Gasteiger partial charge in [-0.2, -0.15) is 0 Å². The van der Waals surface area contributed by atoms with Crippen LogP contribution in [0, 0.1) is 0 Å². The Bertz CT molecular complexity index is 977. The maximum Gasteiger partial charge on any atom is 0.0716 e. The number of hydrogen-bond donors (Lipinski definition) is 0. The van der Waals surface area contributed by atoms with Crippen molar-refractivity contribution in [3.63, 3.8) is 0 Å². The van der Waals surface area contributed by atoms with Crippen LogP contribution >= 0.6 is 11.6 Å². The van der Waals surface area contributed by atoms with Crippen molar-refractivity contribution in [3.8, 4) is 22.4 Å². The van der Waals surface area contributed by atoms with Gasteiger partial charge in [0.25, 0.3) is 0 Å². The minimum atomic E-state index is 0.721. The smallest absolute Gasteiger partial charge is 0.0716 e. The third kappa shape index (κ3) is 2.71. The van der Waals surface area contributed by atoms with Crippen LogP contribution in [0.2, 0.25) is 5.02 Å². The highest BCUT2D eigenvalue weighted by Crippen LogP contribution is 2.32. The number of rotatable bonds is 2. The van der Waals surface area contributed by atoms with Crippen LogP contribution in [-0.4, -0.2) is 4.98 Å². The highest BCUT2D eigenvalue weighted by atomic mass is 35.5. The van der Waals surface area contributed by atoms with E-state index in [1.165, 1.54) is 11.1 Å². The van der Waals surface area contributed by atoms with Crippen molar-refractivity contribution in [1.29, 1.82) is 0 Å². The summed E-state index contributed by atoms with van der Waals surface area (Å²) >= 11 is 6.14. The molecule has 0 aliphatic heterocycles. The molecule has 0 aliphatic carbocycles. The number of benzene rings is 3. The lowest BCUT2D eigenvalue weighted by atomic mass is 9.98. The molecule has 0 fully saturated rings. The minimum Gasteiger partial charge on any atom is -0.248 e. The molecule has 2 heteroatoms. The molecule has 0 aliphatic rings. The molecule has 4 rings (SSSR count). The van der Waals surface area contributed by atoms with Gasteiger partial charge in [0.15, 0.2) is 0 Å². The van der Waals surface area contributed by atoms with Crippen LogP contribution in [0.3, 0.4) is 0 Å². The highest BCUT2D eigenvalue weighted by Gasteiger charge is 2.09. The van der Waals surface area contributed by atoms with E-state index in [-0.39, 0.29) is 0 Å². The van der Waals surface area contributed by atoms with Crippen molar-refractivity contribution in [1.82, 2.24) is 4.98 Å². The molecular formula is C21H14ClN. The summed E-state index contributed by atoms with van der Waals surface area (Å²) in [6.45, 7) is 0. The molecule has 3 aromatic carbocycles. The van der Waals surface area contributed by atoms with E-state index in [0.29, 0.717) is 0 Å². The first-order valence-corrected chi connectivity index (χ1v) is 7.90. The third-order valence-corrected chi connectivity index (χ3v) is 4.16. The molecule has 110 valence electrons. The lowest BCUT2D eigenvalue weighted by Crippen LogP contribution is -1.89. The molecule has 1 aromatic heterocycles. The first-order chi connectivity index (χ1) is 11.3. The number of hydrogen-bond acceptors (Lipinski definition) is 1.